The molecule has 0 bridgehead atoms. The van der Waals surface area contributed by atoms with Crippen molar-refractivity contribution in [1.82, 2.24) is 0 Å². The maximum absolute atomic E-state index is 11.9. The first-order valence-electron chi connectivity index (χ1n) is 3.31. The fourth-order valence-electron chi connectivity index (χ4n) is 0.534. The summed E-state index contributed by atoms with van der Waals surface area (Å²) >= 11 is 0. The molecule has 0 saturated carbocycles. The van der Waals surface area contributed by atoms with E-state index in [2.05, 4.69) is 17.2 Å². The molecular formula is C4H9F3O6SSi. The van der Waals surface area contributed by atoms with E-state index in [4.69, 9.17) is 0 Å². The molecular weight excluding hydrogens is 261 g/mol. The number of hydrogen-bond donors (Lipinski definition) is 0. The van der Waals surface area contributed by atoms with Crippen molar-refractivity contribution in [3.8, 4) is 0 Å². The molecule has 0 aromatic heterocycles. The minimum Gasteiger partial charge on any atom is -0.354 e. The summed E-state index contributed by atoms with van der Waals surface area (Å²) in [5.41, 5.74) is -5.55. The number of alkyl halides is 3. The van der Waals surface area contributed by atoms with Gasteiger partial charge >= 0.3 is 24.7 Å². The standard InChI is InChI=1S/C4H9F3O6SSi/c1-10-15(11-2,12-3)13-14(8,9)4(5,6)7/h1-3H3. The highest BCUT2D eigenvalue weighted by molar-refractivity contribution is 7.88. The van der Waals surface area contributed by atoms with Crippen LogP contribution in [-0.2, 0) is 27.3 Å². The van der Waals surface area contributed by atoms with Crippen molar-refractivity contribution in [2.24, 2.45) is 0 Å². The SMILES string of the molecule is CO[Si](OC)(OC)OS(=O)(=O)C(F)(F)F. The lowest BCUT2D eigenvalue weighted by molar-refractivity contribution is -0.0565. The third-order valence-electron chi connectivity index (χ3n) is 1.25. The van der Waals surface area contributed by atoms with Crippen LogP contribution in [0.15, 0.2) is 0 Å². The normalized spacial score (nSPS) is 14.3. The predicted octanol–water partition coefficient (Wildman–Crippen LogP) is 0.227. The molecule has 0 spiro atoms. The Balaban J connectivity index is 5.00. The van der Waals surface area contributed by atoms with E-state index in [0.717, 1.165) is 21.3 Å². The average molecular weight is 270 g/mol. The van der Waals surface area contributed by atoms with Gasteiger partial charge in [0.05, 0.1) is 0 Å². The summed E-state index contributed by atoms with van der Waals surface area (Å²) in [4.78, 5) is 0. The van der Waals surface area contributed by atoms with Gasteiger partial charge in [-0.05, 0) is 0 Å². The van der Waals surface area contributed by atoms with Crippen LogP contribution in [0.25, 0.3) is 0 Å². The van der Waals surface area contributed by atoms with Gasteiger partial charge < -0.3 is 13.3 Å². The molecule has 0 N–H and O–H groups in total. The molecule has 92 valence electrons. The van der Waals surface area contributed by atoms with Crippen molar-refractivity contribution in [3.05, 3.63) is 0 Å². The van der Waals surface area contributed by atoms with Crippen molar-refractivity contribution in [2.45, 2.75) is 5.51 Å². The van der Waals surface area contributed by atoms with Crippen LogP contribution in [0.2, 0.25) is 0 Å². The second kappa shape index (κ2) is 4.76. The van der Waals surface area contributed by atoms with E-state index < -0.39 is 24.7 Å². The number of hydrogen-bond acceptors (Lipinski definition) is 6. The Bertz CT molecular complexity index is 288. The molecule has 0 amide bonds. The van der Waals surface area contributed by atoms with Gasteiger partial charge in [-0.2, -0.15) is 21.6 Å². The summed E-state index contributed by atoms with van der Waals surface area (Å²) < 4.78 is 73.8. The quantitative estimate of drug-likeness (QED) is 0.526. The molecule has 0 atom stereocenters. The Kier molecular flexibility index (Phi) is 4.69. The second-order valence-electron chi connectivity index (χ2n) is 2.10. The third-order valence-corrected chi connectivity index (χ3v) is 5.01. The van der Waals surface area contributed by atoms with Crippen molar-refractivity contribution in [2.75, 3.05) is 21.3 Å². The van der Waals surface area contributed by atoms with Gasteiger partial charge in [0.2, 0.25) is 0 Å². The first-order chi connectivity index (χ1) is 6.64. The van der Waals surface area contributed by atoms with E-state index in [9.17, 15) is 21.6 Å². The van der Waals surface area contributed by atoms with Gasteiger partial charge in [0.1, 0.15) is 0 Å². The molecule has 0 fully saturated rings. The van der Waals surface area contributed by atoms with Crippen molar-refractivity contribution < 1.29 is 38.7 Å². The fourth-order valence-corrected chi connectivity index (χ4v) is 3.30. The molecule has 11 heteroatoms. The van der Waals surface area contributed by atoms with E-state index >= 15 is 0 Å². The van der Waals surface area contributed by atoms with Crippen LogP contribution in [-0.4, -0.2) is 44.3 Å². The van der Waals surface area contributed by atoms with E-state index in [1.807, 2.05) is 0 Å². The van der Waals surface area contributed by atoms with Crippen molar-refractivity contribution in [3.63, 3.8) is 0 Å². The van der Waals surface area contributed by atoms with Crippen LogP contribution >= 0.6 is 0 Å². The van der Waals surface area contributed by atoms with E-state index in [1.165, 1.54) is 0 Å². The van der Waals surface area contributed by atoms with Gasteiger partial charge in [0.25, 0.3) is 0 Å². The van der Waals surface area contributed by atoms with Crippen LogP contribution < -0.4 is 0 Å². The highest BCUT2D eigenvalue weighted by atomic mass is 32.2. The highest BCUT2D eigenvalue weighted by Crippen LogP contribution is 2.27. The second-order valence-corrected chi connectivity index (χ2v) is 6.36. The monoisotopic (exact) mass is 270 g/mol. The van der Waals surface area contributed by atoms with Gasteiger partial charge in [-0.3, -0.25) is 0 Å². The third kappa shape index (κ3) is 3.39. The molecule has 0 rings (SSSR count). The molecule has 0 radical (unpaired) electrons. The van der Waals surface area contributed by atoms with Crippen molar-refractivity contribution in [1.29, 1.82) is 0 Å². The number of halogens is 3. The Morgan fingerprint density at radius 2 is 1.33 bits per heavy atom. The molecule has 6 nitrogen and oxygen atoms in total. The van der Waals surface area contributed by atoms with E-state index in [-0.39, 0.29) is 0 Å². The molecule has 0 aliphatic rings. The minimum atomic E-state index is -5.80. The molecule has 0 saturated heterocycles. The maximum Gasteiger partial charge on any atom is 0.694 e. The van der Waals surface area contributed by atoms with Crippen LogP contribution in [0.1, 0.15) is 0 Å². The van der Waals surface area contributed by atoms with Gasteiger partial charge in [0.15, 0.2) is 0 Å². The van der Waals surface area contributed by atoms with Gasteiger partial charge in [-0.1, -0.05) is 0 Å². The summed E-state index contributed by atoms with van der Waals surface area (Å²) in [6, 6.07) is 0. The van der Waals surface area contributed by atoms with Crippen LogP contribution in [0.4, 0.5) is 13.2 Å². The van der Waals surface area contributed by atoms with Gasteiger partial charge in [-0.25, -0.2) is 3.87 Å². The maximum atomic E-state index is 11.9. The molecule has 0 heterocycles. The lowest BCUT2D eigenvalue weighted by Crippen LogP contribution is -2.50. The zero-order chi connectivity index (χ0) is 12.3. The van der Waals surface area contributed by atoms with Crippen LogP contribution in [0, 0.1) is 0 Å². The zero-order valence-corrected chi connectivity index (χ0v) is 9.81. The largest absolute Gasteiger partial charge is 0.694 e. The smallest absolute Gasteiger partial charge is 0.354 e. The Morgan fingerprint density at radius 1 is 1.00 bits per heavy atom. The lowest BCUT2D eigenvalue weighted by atomic mass is 11.6. The predicted molar refractivity (Wildman–Crippen MR) is 42.8 cm³/mol. The van der Waals surface area contributed by atoms with Crippen molar-refractivity contribution >= 4 is 19.2 Å². The fraction of sp³-hybridized carbons (Fsp3) is 1.00. The van der Waals surface area contributed by atoms with Crippen LogP contribution in [0.3, 0.4) is 0 Å². The minimum absolute atomic E-state index is 0.908. The Morgan fingerprint density at radius 3 is 1.53 bits per heavy atom. The summed E-state index contributed by atoms with van der Waals surface area (Å²) in [6.07, 6.45) is 0. The van der Waals surface area contributed by atoms with Gasteiger partial charge in [-0.15, -0.1) is 0 Å². The Labute approximate surface area is 85.5 Å². The highest BCUT2D eigenvalue weighted by Gasteiger charge is 2.57. The first-order valence-corrected chi connectivity index (χ1v) is 6.35. The molecule has 0 aliphatic heterocycles. The molecule has 0 aromatic rings. The number of rotatable bonds is 5. The molecule has 0 unspecified atom stereocenters. The lowest BCUT2D eigenvalue weighted by Gasteiger charge is -2.22. The summed E-state index contributed by atoms with van der Waals surface area (Å²) in [5.74, 6) is 0. The Hall–Kier alpha value is -0.203. The van der Waals surface area contributed by atoms with Gasteiger partial charge in [0, 0.05) is 21.3 Å². The topological polar surface area (TPSA) is 71.1 Å². The average Bonchev–Trinajstić information content (AvgIpc) is 2.12. The molecule has 15 heavy (non-hydrogen) atoms. The summed E-state index contributed by atoms with van der Waals surface area (Å²) in [6.45, 7) is 0. The molecule has 0 aromatic carbocycles. The van der Waals surface area contributed by atoms with Crippen LogP contribution in [0.5, 0.6) is 0 Å². The molecule has 0 aliphatic carbocycles. The van der Waals surface area contributed by atoms with E-state index in [0.29, 0.717) is 0 Å². The summed E-state index contributed by atoms with van der Waals surface area (Å²) in [7, 11) is -7.35. The van der Waals surface area contributed by atoms with E-state index in [1.54, 1.807) is 0 Å². The first kappa shape index (κ1) is 14.8. The zero-order valence-electron chi connectivity index (χ0n) is 7.99. The summed E-state index contributed by atoms with van der Waals surface area (Å²) in [5, 5.41) is 0.